The molecule has 1 saturated heterocycles. The standard InChI is InChI=1S/C17H27FN2O/c1-13(10-20-9-8-14(11-20)12-21-3)17(19-2)15-6-4-5-7-16(15)18/h4-7,13-14,17,19H,8-12H2,1-3H3. The molecule has 3 nitrogen and oxygen atoms in total. The number of benzene rings is 1. The van der Waals surface area contributed by atoms with Crippen molar-refractivity contribution in [1.82, 2.24) is 10.2 Å². The molecule has 1 aromatic rings. The molecule has 0 aliphatic carbocycles. The lowest BCUT2D eigenvalue weighted by Crippen LogP contribution is -2.34. The van der Waals surface area contributed by atoms with Gasteiger partial charge in [0.05, 0.1) is 6.61 Å². The molecule has 4 heteroatoms. The van der Waals surface area contributed by atoms with Crippen LogP contribution in [-0.4, -0.2) is 45.3 Å². The number of ether oxygens (including phenoxy) is 1. The lowest BCUT2D eigenvalue weighted by Gasteiger charge is -2.28. The average Bonchev–Trinajstić information content (AvgIpc) is 2.89. The number of nitrogens with one attached hydrogen (secondary N) is 1. The van der Waals surface area contributed by atoms with Gasteiger partial charge >= 0.3 is 0 Å². The number of hydrogen-bond donors (Lipinski definition) is 1. The van der Waals surface area contributed by atoms with Crippen LogP contribution in [0.25, 0.3) is 0 Å². The molecule has 1 N–H and O–H groups in total. The summed E-state index contributed by atoms with van der Waals surface area (Å²) in [5, 5.41) is 3.28. The Morgan fingerprint density at radius 3 is 2.86 bits per heavy atom. The Kier molecular flexibility index (Phi) is 6.15. The molecule has 3 atom stereocenters. The van der Waals surface area contributed by atoms with E-state index in [0.717, 1.165) is 31.8 Å². The molecule has 1 aromatic carbocycles. The second kappa shape index (κ2) is 7.87. The molecule has 0 radical (unpaired) electrons. The Morgan fingerprint density at radius 2 is 2.19 bits per heavy atom. The van der Waals surface area contributed by atoms with Gasteiger partial charge in [0.2, 0.25) is 0 Å². The zero-order chi connectivity index (χ0) is 15.2. The van der Waals surface area contributed by atoms with E-state index in [9.17, 15) is 4.39 Å². The molecular formula is C17H27FN2O. The summed E-state index contributed by atoms with van der Waals surface area (Å²) >= 11 is 0. The minimum absolute atomic E-state index is 0.0488. The molecule has 0 amide bonds. The minimum Gasteiger partial charge on any atom is -0.384 e. The van der Waals surface area contributed by atoms with Crippen molar-refractivity contribution in [3.8, 4) is 0 Å². The Bertz CT molecular complexity index is 441. The van der Waals surface area contributed by atoms with Crippen molar-refractivity contribution < 1.29 is 9.13 Å². The quantitative estimate of drug-likeness (QED) is 0.837. The van der Waals surface area contributed by atoms with Crippen LogP contribution in [0.5, 0.6) is 0 Å². The first-order valence-corrected chi connectivity index (χ1v) is 7.78. The second-order valence-corrected chi connectivity index (χ2v) is 6.13. The smallest absolute Gasteiger partial charge is 0.127 e. The molecule has 118 valence electrons. The van der Waals surface area contributed by atoms with Crippen LogP contribution in [0.2, 0.25) is 0 Å². The lowest BCUT2D eigenvalue weighted by atomic mass is 9.93. The van der Waals surface area contributed by atoms with Crippen molar-refractivity contribution in [2.45, 2.75) is 19.4 Å². The Labute approximate surface area is 127 Å². The maximum atomic E-state index is 14.0. The van der Waals surface area contributed by atoms with Gasteiger partial charge in [0, 0.05) is 31.8 Å². The third-order valence-electron chi connectivity index (χ3n) is 4.44. The third kappa shape index (κ3) is 4.25. The van der Waals surface area contributed by atoms with Crippen LogP contribution in [0.4, 0.5) is 4.39 Å². The summed E-state index contributed by atoms with van der Waals surface area (Å²) in [6, 6.07) is 7.11. The summed E-state index contributed by atoms with van der Waals surface area (Å²) in [6.45, 7) is 6.23. The van der Waals surface area contributed by atoms with Crippen molar-refractivity contribution in [3.05, 3.63) is 35.6 Å². The number of halogens is 1. The summed E-state index contributed by atoms with van der Waals surface area (Å²) in [6.07, 6.45) is 1.20. The van der Waals surface area contributed by atoms with Crippen molar-refractivity contribution in [2.24, 2.45) is 11.8 Å². The van der Waals surface area contributed by atoms with E-state index in [0.29, 0.717) is 11.8 Å². The highest BCUT2D eigenvalue weighted by Crippen LogP contribution is 2.26. The van der Waals surface area contributed by atoms with Gasteiger partial charge in [-0.1, -0.05) is 25.1 Å². The fraction of sp³-hybridized carbons (Fsp3) is 0.647. The van der Waals surface area contributed by atoms with Gasteiger partial charge < -0.3 is 15.0 Å². The molecular weight excluding hydrogens is 267 g/mol. The molecule has 0 spiro atoms. The number of methoxy groups -OCH3 is 1. The van der Waals surface area contributed by atoms with Crippen LogP contribution < -0.4 is 5.32 Å². The van der Waals surface area contributed by atoms with Crippen molar-refractivity contribution >= 4 is 0 Å². The van der Waals surface area contributed by atoms with Gasteiger partial charge in [-0.3, -0.25) is 0 Å². The van der Waals surface area contributed by atoms with E-state index in [4.69, 9.17) is 4.74 Å². The predicted molar refractivity (Wildman–Crippen MR) is 83.8 cm³/mol. The molecule has 0 saturated carbocycles. The van der Waals surface area contributed by atoms with Gasteiger partial charge in [0.15, 0.2) is 0 Å². The number of hydrogen-bond acceptors (Lipinski definition) is 3. The Balaban J connectivity index is 1.95. The number of rotatable bonds is 7. The molecule has 1 aliphatic rings. The summed E-state index contributed by atoms with van der Waals surface area (Å²) < 4.78 is 19.2. The molecule has 3 unspecified atom stereocenters. The summed E-state index contributed by atoms with van der Waals surface area (Å²) in [7, 11) is 3.67. The molecule has 0 bridgehead atoms. The maximum Gasteiger partial charge on any atom is 0.127 e. The van der Waals surface area contributed by atoms with Crippen LogP contribution in [0.3, 0.4) is 0 Å². The highest BCUT2D eigenvalue weighted by atomic mass is 19.1. The van der Waals surface area contributed by atoms with E-state index in [2.05, 4.69) is 17.1 Å². The fourth-order valence-corrected chi connectivity index (χ4v) is 3.44. The van der Waals surface area contributed by atoms with Crippen LogP contribution in [0.1, 0.15) is 24.9 Å². The van der Waals surface area contributed by atoms with E-state index in [1.807, 2.05) is 19.2 Å². The van der Waals surface area contributed by atoms with Crippen molar-refractivity contribution in [2.75, 3.05) is 40.4 Å². The molecule has 1 aliphatic heterocycles. The Hall–Kier alpha value is -0.970. The van der Waals surface area contributed by atoms with Crippen LogP contribution >= 0.6 is 0 Å². The second-order valence-electron chi connectivity index (χ2n) is 6.13. The normalized spacial score (nSPS) is 22.4. The average molecular weight is 294 g/mol. The Morgan fingerprint density at radius 1 is 1.43 bits per heavy atom. The van der Waals surface area contributed by atoms with Crippen LogP contribution in [-0.2, 0) is 4.74 Å². The largest absolute Gasteiger partial charge is 0.384 e. The van der Waals surface area contributed by atoms with Crippen LogP contribution in [0, 0.1) is 17.7 Å². The first kappa shape index (κ1) is 16.4. The molecule has 2 rings (SSSR count). The lowest BCUT2D eigenvalue weighted by molar-refractivity contribution is 0.150. The maximum absolute atomic E-state index is 14.0. The van der Waals surface area contributed by atoms with Gasteiger partial charge in [-0.2, -0.15) is 0 Å². The van der Waals surface area contributed by atoms with Gasteiger partial charge in [-0.25, -0.2) is 4.39 Å². The number of nitrogens with zero attached hydrogens (tertiary/aromatic N) is 1. The van der Waals surface area contributed by atoms with Crippen LogP contribution in [0.15, 0.2) is 24.3 Å². The van der Waals surface area contributed by atoms with E-state index < -0.39 is 0 Å². The summed E-state index contributed by atoms with van der Waals surface area (Å²) in [5.41, 5.74) is 0.764. The molecule has 21 heavy (non-hydrogen) atoms. The van der Waals surface area contributed by atoms with Gasteiger partial charge in [-0.05, 0) is 37.9 Å². The van der Waals surface area contributed by atoms with E-state index in [-0.39, 0.29) is 11.9 Å². The summed E-state index contributed by atoms with van der Waals surface area (Å²) in [4.78, 5) is 2.47. The highest BCUT2D eigenvalue weighted by molar-refractivity contribution is 5.21. The molecule has 1 fully saturated rings. The zero-order valence-electron chi connectivity index (χ0n) is 13.3. The number of likely N-dealkylation sites (tertiary alicyclic amines) is 1. The van der Waals surface area contributed by atoms with Gasteiger partial charge in [0.25, 0.3) is 0 Å². The van der Waals surface area contributed by atoms with E-state index in [1.165, 1.54) is 12.5 Å². The SMILES string of the molecule is CNC(c1ccccc1F)C(C)CN1CCC(COC)C1. The van der Waals surface area contributed by atoms with Crippen molar-refractivity contribution in [1.29, 1.82) is 0 Å². The van der Waals surface area contributed by atoms with Gasteiger partial charge in [-0.15, -0.1) is 0 Å². The van der Waals surface area contributed by atoms with E-state index in [1.54, 1.807) is 13.2 Å². The molecule has 1 heterocycles. The van der Waals surface area contributed by atoms with Crippen molar-refractivity contribution in [3.63, 3.8) is 0 Å². The topological polar surface area (TPSA) is 24.5 Å². The first-order valence-electron chi connectivity index (χ1n) is 7.78. The predicted octanol–water partition coefficient (Wildman–Crippen LogP) is 2.69. The summed E-state index contributed by atoms with van der Waals surface area (Å²) in [5.74, 6) is 0.874. The molecule has 0 aromatic heterocycles. The fourth-order valence-electron chi connectivity index (χ4n) is 3.44. The first-order chi connectivity index (χ1) is 10.2. The monoisotopic (exact) mass is 294 g/mol. The third-order valence-corrected chi connectivity index (χ3v) is 4.44. The minimum atomic E-state index is -0.123. The van der Waals surface area contributed by atoms with E-state index >= 15 is 0 Å². The van der Waals surface area contributed by atoms with Gasteiger partial charge in [0.1, 0.15) is 5.82 Å². The zero-order valence-corrected chi connectivity index (χ0v) is 13.3. The highest BCUT2D eigenvalue weighted by Gasteiger charge is 2.27.